The van der Waals surface area contributed by atoms with Gasteiger partial charge in [0.15, 0.2) is 0 Å². The van der Waals surface area contributed by atoms with Crippen molar-refractivity contribution in [3.05, 3.63) is 0 Å². The Kier molecular flexibility index (Phi) is 4.58. The molecule has 1 aliphatic carbocycles. The van der Waals surface area contributed by atoms with E-state index in [1.165, 1.54) is 0 Å². The van der Waals surface area contributed by atoms with Crippen LogP contribution in [0, 0.1) is 0 Å². The Bertz CT molecular complexity index is 258. The number of nitrogens with two attached hydrogens (primary N) is 1. The van der Waals surface area contributed by atoms with E-state index in [1.807, 2.05) is 27.7 Å². The zero-order chi connectivity index (χ0) is 12.4. The van der Waals surface area contributed by atoms with E-state index in [1.54, 1.807) is 0 Å². The third-order valence-corrected chi connectivity index (χ3v) is 5.65. The van der Waals surface area contributed by atoms with Crippen LogP contribution in [-0.4, -0.2) is 17.5 Å². The normalized spacial score (nSPS) is 20.9. The van der Waals surface area contributed by atoms with Crippen LogP contribution in [0.5, 0.6) is 0 Å². The summed E-state index contributed by atoms with van der Waals surface area (Å²) in [6, 6.07) is 0. The van der Waals surface area contributed by atoms with Crippen LogP contribution in [0.2, 0.25) is 0 Å². The first-order chi connectivity index (χ1) is 7.29. The predicted molar refractivity (Wildman–Crippen MR) is 65.4 cm³/mol. The molecule has 0 heterocycles. The summed E-state index contributed by atoms with van der Waals surface area (Å²) >= 11 is 0. The van der Waals surface area contributed by atoms with Crippen molar-refractivity contribution in [2.75, 3.05) is 0 Å². The van der Waals surface area contributed by atoms with Gasteiger partial charge in [0.05, 0.1) is 12.2 Å². The summed E-state index contributed by atoms with van der Waals surface area (Å²) in [5, 5.41) is -0.776. The van der Waals surface area contributed by atoms with Crippen molar-refractivity contribution >= 4 is 7.60 Å². The SMILES string of the molecule is CC(C)OP(=O)(OC(C)C)C1(N)CCCC1. The first kappa shape index (κ1) is 14.2. The van der Waals surface area contributed by atoms with Crippen LogP contribution < -0.4 is 5.73 Å². The molecule has 0 atom stereocenters. The Balaban J connectivity index is 2.89. The standard InChI is InChI=1S/C11H24NO3P/c1-9(2)14-16(13,15-10(3)4)11(12)7-5-6-8-11/h9-10H,5-8,12H2,1-4H3. The highest BCUT2D eigenvalue weighted by atomic mass is 31.2. The van der Waals surface area contributed by atoms with Crippen LogP contribution in [0.15, 0.2) is 0 Å². The lowest BCUT2D eigenvalue weighted by molar-refractivity contribution is 0.125. The van der Waals surface area contributed by atoms with E-state index in [0.717, 1.165) is 25.7 Å². The molecule has 0 amide bonds. The lowest BCUT2D eigenvalue weighted by atomic mass is 10.3. The van der Waals surface area contributed by atoms with Gasteiger partial charge in [-0.25, -0.2) is 0 Å². The highest BCUT2D eigenvalue weighted by Gasteiger charge is 2.50. The molecule has 0 spiro atoms. The summed E-state index contributed by atoms with van der Waals surface area (Å²) in [6.45, 7) is 7.42. The van der Waals surface area contributed by atoms with Gasteiger partial charge in [-0.1, -0.05) is 12.8 Å². The average molecular weight is 249 g/mol. The van der Waals surface area contributed by atoms with Gasteiger partial charge in [0.2, 0.25) is 0 Å². The molecule has 0 bridgehead atoms. The molecule has 0 radical (unpaired) electrons. The van der Waals surface area contributed by atoms with E-state index < -0.39 is 12.9 Å². The summed E-state index contributed by atoms with van der Waals surface area (Å²) in [6.07, 6.45) is 3.19. The molecule has 0 aromatic heterocycles. The van der Waals surface area contributed by atoms with E-state index >= 15 is 0 Å². The third-order valence-electron chi connectivity index (χ3n) is 2.71. The van der Waals surface area contributed by atoms with Crippen LogP contribution in [-0.2, 0) is 13.6 Å². The van der Waals surface area contributed by atoms with Crippen LogP contribution in [0.1, 0.15) is 53.4 Å². The molecule has 0 aromatic carbocycles. The molecule has 0 unspecified atom stereocenters. The molecule has 2 N–H and O–H groups in total. The average Bonchev–Trinajstić information content (AvgIpc) is 2.50. The Hall–Kier alpha value is 0.110. The Morgan fingerprint density at radius 1 is 1.06 bits per heavy atom. The summed E-state index contributed by atoms with van der Waals surface area (Å²) in [4.78, 5) is 0. The zero-order valence-corrected chi connectivity index (χ0v) is 11.6. The predicted octanol–water partition coefficient (Wildman–Crippen LogP) is 3.26. The Morgan fingerprint density at radius 2 is 1.44 bits per heavy atom. The number of hydrogen-bond acceptors (Lipinski definition) is 4. The maximum Gasteiger partial charge on any atom is 0.350 e. The molecule has 0 aliphatic heterocycles. The zero-order valence-electron chi connectivity index (χ0n) is 10.7. The third kappa shape index (κ3) is 3.07. The molecular formula is C11H24NO3P. The minimum absolute atomic E-state index is 0.134. The van der Waals surface area contributed by atoms with Gasteiger partial charge in [-0.3, -0.25) is 4.57 Å². The van der Waals surface area contributed by atoms with E-state index in [0.29, 0.717) is 0 Å². The fraction of sp³-hybridized carbons (Fsp3) is 1.00. The number of rotatable bonds is 5. The van der Waals surface area contributed by atoms with Crippen molar-refractivity contribution in [1.82, 2.24) is 0 Å². The number of hydrogen-bond donors (Lipinski definition) is 1. The summed E-state index contributed by atoms with van der Waals surface area (Å²) in [5.41, 5.74) is 6.22. The quantitative estimate of drug-likeness (QED) is 0.760. The first-order valence-corrected chi connectivity index (χ1v) is 7.59. The van der Waals surface area contributed by atoms with Gasteiger partial charge in [0, 0.05) is 0 Å². The molecule has 16 heavy (non-hydrogen) atoms. The minimum atomic E-state index is -3.21. The summed E-state index contributed by atoms with van der Waals surface area (Å²) in [7, 11) is -3.21. The second kappa shape index (κ2) is 5.18. The Morgan fingerprint density at radius 3 is 1.75 bits per heavy atom. The topological polar surface area (TPSA) is 61.5 Å². The minimum Gasteiger partial charge on any atom is -0.315 e. The lowest BCUT2D eigenvalue weighted by Crippen LogP contribution is -2.39. The van der Waals surface area contributed by atoms with Gasteiger partial charge in [-0.2, -0.15) is 0 Å². The lowest BCUT2D eigenvalue weighted by Gasteiger charge is -2.34. The summed E-state index contributed by atoms with van der Waals surface area (Å²) in [5.74, 6) is 0. The molecule has 0 saturated heterocycles. The molecular weight excluding hydrogens is 225 g/mol. The van der Waals surface area contributed by atoms with Crippen LogP contribution in [0.25, 0.3) is 0 Å². The van der Waals surface area contributed by atoms with Gasteiger partial charge in [-0.15, -0.1) is 0 Å². The highest BCUT2D eigenvalue weighted by Crippen LogP contribution is 2.64. The van der Waals surface area contributed by atoms with Gasteiger partial charge in [0.25, 0.3) is 0 Å². The van der Waals surface area contributed by atoms with Gasteiger partial charge in [-0.05, 0) is 40.5 Å². The van der Waals surface area contributed by atoms with Gasteiger partial charge < -0.3 is 14.8 Å². The van der Waals surface area contributed by atoms with E-state index in [-0.39, 0.29) is 12.2 Å². The fourth-order valence-electron chi connectivity index (χ4n) is 2.05. The molecule has 1 rings (SSSR count). The first-order valence-electron chi connectivity index (χ1n) is 6.05. The van der Waals surface area contributed by atoms with E-state index in [4.69, 9.17) is 14.8 Å². The van der Waals surface area contributed by atoms with Crippen molar-refractivity contribution in [1.29, 1.82) is 0 Å². The van der Waals surface area contributed by atoms with Crippen LogP contribution >= 0.6 is 7.60 Å². The van der Waals surface area contributed by atoms with E-state index in [2.05, 4.69) is 0 Å². The molecule has 1 aliphatic rings. The smallest absolute Gasteiger partial charge is 0.315 e. The molecule has 1 fully saturated rings. The molecule has 4 nitrogen and oxygen atoms in total. The monoisotopic (exact) mass is 249 g/mol. The van der Waals surface area contributed by atoms with Crippen LogP contribution in [0.3, 0.4) is 0 Å². The van der Waals surface area contributed by atoms with E-state index in [9.17, 15) is 4.57 Å². The van der Waals surface area contributed by atoms with Crippen molar-refractivity contribution in [2.24, 2.45) is 5.73 Å². The van der Waals surface area contributed by atoms with Crippen molar-refractivity contribution < 1.29 is 13.6 Å². The molecule has 96 valence electrons. The second-order valence-corrected chi connectivity index (χ2v) is 7.42. The van der Waals surface area contributed by atoms with Crippen molar-refractivity contribution in [3.63, 3.8) is 0 Å². The maximum absolute atomic E-state index is 12.8. The van der Waals surface area contributed by atoms with Crippen molar-refractivity contribution in [2.45, 2.75) is 70.9 Å². The van der Waals surface area contributed by atoms with Crippen molar-refractivity contribution in [3.8, 4) is 0 Å². The summed E-state index contributed by atoms with van der Waals surface area (Å²) < 4.78 is 23.9. The molecule has 1 saturated carbocycles. The second-order valence-electron chi connectivity index (χ2n) is 5.12. The van der Waals surface area contributed by atoms with Gasteiger partial charge in [0.1, 0.15) is 5.28 Å². The fourth-order valence-corrected chi connectivity index (χ4v) is 4.49. The largest absolute Gasteiger partial charge is 0.350 e. The highest BCUT2D eigenvalue weighted by molar-refractivity contribution is 7.55. The molecule has 5 heteroatoms. The van der Waals surface area contributed by atoms with Crippen LogP contribution in [0.4, 0.5) is 0 Å². The molecule has 0 aromatic rings. The Labute approximate surface area is 98.4 Å². The maximum atomic E-state index is 12.8. The van der Waals surface area contributed by atoms with Gasteiger partial charge >= 0.3 is 7.60 Å².